The fourth-order valence-electron chi connectivity index (χ4n) is 1.52. The SMILES string of the molecule is CCCCC(O)c1cc(C)cc(Cl)c1. The van der Waals surface area contributed by atoms with Gasteiger partial charge in [0, 0.05) is 5.02 Å². The van der Waals surface area contributed by atoms with E-state index in [4.69, 9.17) is 11.6 Å². The first-order valence-electron chi connectivity index (χ1n) is 5.08. The molecule has 0 bridgehead atoms. The third-order valence-corrected chi connectivity index (χ3v) is 2.50. The molecule has 1 rings (SSSR count). The molecule has 0 fully saturated rings. The summed E-state index contributed by atoms with van der Waals surface area (Å²) in [4.78, 5) is 0. The maximum absolute atomic E-state index is 9.84. The molecule has 1 atom stereocenters. The van der Waals surface area contributed by atoms with Gasteiger partial charge < -0.3 is 5.11 Å². The van der Waals surface area contributed by atoms with E-state index in [1.165, 1.54) is 0 Å². The predicted octanol–water partition coefficient (Wildman–Crippen LogP) is 3.87. The lowest BCUT2D eigenvalue weighted by Gasteiger charge is -2.11. The fourth-order valence-corrected chi connectivity index (χ4v) is 1.82. The third kappa shape index (κ3) is 3.32. The van der Waals surface area contributed by atoms with Gasteiger partial charge in [0.25, 0.3) is 0 Å². The molecule has 0 aliphatic carbocycles. The molecule has 1 aromatic rings. The largest absolute Gasteiger partial charge is 0.388 e. The number of unbranched alkanes of at least 4 members (excludes halogenated alkanes) is 1. The number of aliphatic hydroxyl groups excluding tert-OH is 1. The zero-order valence-electron chi connectivity index (χ0n) is 8.76. The van der Waals surface area contributed by atoms with Crippen LogP contribution < -0.4 is 0 Å². The van der Waals surface area contributed by atoms with E-state index in [0.29, 0.717) is 5.02 Å². The van der Waals surface area contributed by atoms with Gasteiger partial charge in [0.05, 0.1) is 6.10 Å². The molecule has 0 aliphatic heterocycles. The van der Waals surface area contributed by atoms with E-state index in [0.717, 1.165) is 30.4 Å². The Morgan fingerprint density at radius 2 is 2.07 bits per heavy atom. The van der Waals surface area contributed by atoms with Crippen LogP contribution >= 0.6 is 11.6 Å². The molecular formula is C12H17ClO. The molecule has 0 aromatic heterocycles. The van der Waals surface area contributed by atoms with Crippen molar-refractivity contribution < 1.29 is 5.11 Å². The number of benzene rings is 1. The normalized spacial score (nSPS) is 12.9. The van der Waals surface area contributed by atoms with Crippen LogP contribution in [0.15, 0.2) is 18.2 Å². The molecule has 0 saturated carbocycles. The average molecular weight is 213 g/mol. The first-order chi connectivity index (χ1) is 6.63. The summed E-state index contributed by atoms with van der Waals surface area (Å²) >= 11 is 5.92. The number of aryl methyl sites for hydroxylation is 1. The first-order valence-corrected chi connectivity index (χ1v) is 5.46. The van der Waals surface area contributed by atoms with Crippen molar-refractivity contribution in [1.29, 1.82) is 0 Å². The van der Waals surface area contributed by atoms with Gasteiger partial charge in [-0.15, -0.1) is 0 Å². The highest BCUT2D eigenvalue weighted by molar-refractivity contribution is 6.30. The Morgan fingerprint density at radius 1 is 1.36 bits per heavy atom. The van der Waals surface area contributed by atoms with E-state index in [-0.39, 0.29) is 6.10 Å². The highest BCUT2D eigenvalue weighted by Crippen LogP contribution is 2.23. The Bertz CT molecular complexity index is 276. The molecule has 0 saturated heterocycles. The van der Waals surface area contributed by atoms with Crippen molar-refractivity contribution in [2.24, 2.45) is 0 Å². The monoisotopic (exact) mass is 212 g/mol. The summed E-state index contributed by atoms with van der Waals surface area (Å²) in [6.07, 6.45) is 2.60. The molecule has 1 N–H and O–H groups in total. The zero-order chi connectivity index (χ0) is 10.6. The molecular weight excluding hydrogens is 196 g/mol. The number of halogens is 1. The van der Waals surface area contributed by atoms with E-state index in [9.17, 15) is 5.11 Å². The van der Waals surface area contributed by atoms with E-state index < -0.39 is 0 Å². The van der Waals surface area contributed by atoms with Crippen LogP contribution in [0.3, 0.4) is 0 Å². The van der Waals surface area contributed by atoms with Gasteiger partial charge in [-0.25, -0.2) is 0 Å². The van der Waals surface area contributed by atoms with Gasteiger partial charge in [0.1, 0.15) is 0 Å². The molecule has 0 heterocycles. The predicted molar refractivity (Wildman–Crippen MR) is 60.7 cm³/mol. The van der Waals surface area contributed by atoms with Crippen LogP contribution in [0.4, 0.5) is 0 Å². The van der Waals surface area contributed by atoms with Crippen molar-refractivity contribution in [1.82, 2.24) is 0 Å². The summed E-state index contributed by atoms with van der Waals surface area (Å²) in [7, 11) is 0. The molecule has 1 nitrogen and oxygen atoms in total. The summed E-state index contributed by atoms with van der Waals surface area (Å²) in [5.41, 5.74) is 2.03. The van der Waals surface area contributed by atoms with Crippen LogP contribution in [0, 0.1) is 6.92 Å². The van der Waals surface area contributed by atoms with Gasteiger partial charge in [0.2, 0.25) is 0 Å². The minimum absolute atomic E-state index is 0.368. The smallest absolute Gasteiger partial charge is 0.0790 e. The van der Waals surface area contributed by atoms with Gasteiger partial charge in [-0.05, 0) is 36.6 Å². The molecule has 14 heavy (non-hydrogen) atoms. The third-order valence-electron chi connectivity index (χ3n) is 2.28. The maximum Gasteiger partial charge on any atom is 0.0790 e. The molecule has 0 aliphatic rings. The lowest BCUT2D eigenvalue weighted by molar-refractivity contribution is 0.164. The van der Waals surface area contributed by atoms with Crippen molar-refractivity contribution in [3.63, 3.8) is 0 Å². The molecule has 0 radical (unpaired) electrons. The quantitative estimate of drug-likeness (QED) is 0.804. The topological polar surface area (TPSA) is 20.2 Å². The van der Waals surface area contributed by atoms with Crippen molar-refractivity contribution in [2.45, 2.75) is 39.2 Å². The van der Waals surface area contributed by atoms with E-state index in [2.05, 4.69) is 6.92 Å². The molecule has 78 valence electrons. The van der Waals surface area contributed by atoms with Crippen molar-refractivity contribution in [3.05, 3.63) is 34.3 Å². The summed E-state index contributed by atoms with van der Waals surface area (Å²) < 4.78 is 0. The van der Waals surface area contributed by atoms with E-state index in [1.807, 2.05) is 25.1 Å². The van der Waals surface area contributed by atoms with Crippen LogP contribution in [-0.2, 0) is 0 Å². The molecule has 0 amide bonds. The second-order valence-electron chi connectivity index (χ2n) is 3.72. The highest BCUT2D eigenvalue weighted by atomic mass is 35.5. The summed E-state index contributed by atoms with van der Waals surface area (Å²) in [5.74, 6) is 0. The molecule has 1 aromatic carbocycles. The Morgan fingerprint density at radius 3 is 2.64 bits per heavy atom. The van der Waals surface area contributed by atoms with Crippen LogP contribution in [0.2, 0.25) is 5.02 Å². The fraction of sp³-hybridized carbons (Fsp3) is 0.500. The van der Waals surface area contributed by atoms with Gasteiger partial charge in [-0.1, -0.05) is 37.4 Å². The van der Waals surface area contributed by atoms with Gasteiger partial charge in [0.15, 0.2) is 0 Å². The van der Waals surface area contributed by atoms with E-state index in [1.54, 1.807) is 0 Å². The van der Waals surface area contributed by atoms with Crippen LogP contribution in [0.25, 0.3) is 0 Å². The number of rotatable bonds is 4. The minimum atomic E-state index is -0.368. The second-order valence-corrected chi connectivity index (χ2v) is 4.16. The van der Waals surface area contributed by atoms with Crippen LogP contribution in [-0.4, -0.2) is 5.11 Å². The van der Waals surface area contributed by atoms with Gasteiger partial charge in [-0.2, -0.15) is 0 Å². The Kier molecular flexibility index (Phi) is 4.43. The van der Waals surface area contributed by atoms with Crippen molar-refractivity contribution in [2.75, 3.05) is 0 Å². The Labute approximate surface area is 90.7 Å². The Hall–Kier alpha value is -0.530. The summed E-state index contributed by atoms with van der Waals surface area (Å²) in [6.45, 7) is 4.11. The standard InChI is InChI=1S/C12H17ClO/c1-3-4-5-12(14)10-6-9(2)7-11(13)8-10/h6-8,12,14H,3-5H2,1-2H3. The first kappa shape index (κ1) is 11.5. The lowest BCUT2D eigenvalue weighted by Crippen LogP contribution is -1.97. The summed E-state index contributed by atoms with van der Waals surface area (Å²) in [5, 5.41) is 10.5. The zero-order valence-corrected chi connectivity index (χ0v) is 9.51. The second kappa shape index (κ2) is 5.38. The molecule has 2 heteroatoms. The maximum atomic E-state index is 9.84. The van der Waals surface area contributed by atoms with Gasteiger partial charge in [-0.3, -0.25) is 0 Å². The number of aliphatic hydroxyl groups is 1. The average Bonchev–Trinajstić information content (AvgIpc) is 2.12. The molecule has 0 spiro atoms. The molecule has 1 unspecified atom stereocenters. The van der Waals surface area contributed by atoms with Crippen LogP contribution in [0.5, 0.6) is 0 Å². The number of hydrogen-bond donors (Lipinski definition) is 1. The summed E-state index contributed by atoms with van der Waals surface area (Å²) in [6, 6.07) is 5.73. The number of hydrogen-bond acceptors (Lipinski definition) is 1. The van der Waals surface area contributed by atoms with Crippen molar-refractivity contribution in [3.8, 4) is 0 Å². The van der Waals surface area contributed by atoms with Crippen LogP contribution in [0.1, 0.15) is 43.4 Å². The Balaban J connectivity index is 2.73. The highest BCUT2D eigenvalue weighted by Gasteiger charge is 2.07. The minimum Gasteiger partial charge on any atom is -0.388 e. The van der Waals surface area contributed by atoms with E-state index >= 15 is 0 Å². The lowest BCUT2D eigenvalue weighted by atomic mass is 10.0. The van der Waals surface area contributed by atoms with Gasteiger partial charge >= 0.3 is 0 Å². The van der Waals surface area contributed by atoms with Crippen molar-refractivity contribution >= 4 is 11.6 Å².